The van der Waals surface area contributed by atoms with Crippen LogP contribution in [0.25, 0.3) is 11.1 Å². The zero-order valence-corrected chi connectivity index (χ0v) is 10.8. The number of aromatic nitrogens is 1. The molecule has 0 atom stereocenters. The van der Waals surface area contributed by atoms with E-state index in [-0.39, 0.29) is 0 Å². The lowest BCUT2D eigenvalue weighted by Gasteiger charge is -2.12. The Balaban J connectivity index is 2.49. The van der Waals surface area contributed by atoms with Crippen molar-refractivity contribution in [2.24, 2.45) is 7.05 Å². The molecule has 18 heavy (non-hydrogen) atoms. The Morgan fingerprint density at radius 2 is 2.06 bits per heavy atom. The van der Waals surface area contributed by atoms with E-state index < -0.39 is 0 Å². The molecular formula is C14H19N3O. The van der Waals surface area contributed by atoms with E-state index in [0.717, 1.165) is 28.8 Å². The van der Waals surface area contributed by atoms with Gasteiger partial charge in [0, 0.05) is 37.9 Å². The molecule has 0 aliphatic rings. The minimum absolute atomic E-state index is 0.647. The Morgan fingerprint density at radius 3 is 2.67 bits per heavy atom. The lowest BCUT2D eigenvalue weighted by Crippen LogP contribution is -2.03. The van der Waals surface area contributed by atoms with E-state index in [2.05, 4.69) is 12.3 Å². The lowest BCUT2D eigenvalue weighted by atomic mass is 9.97. The van der Waals surface area contributed by atoms with Gasteiger partial charge in [-0.2, -0.15) is 0 Å². The molecule has 4 N–H and O–H groups in total. The van der Waals surface area contributed by atoms with Gasteiger partial charge in [0.1, 0.15) is 0 Å². The summed E-state index contributed by atoms with van der Waals surface area (Å²) >= 11 is 0. The molecule has 0 aliphatic heterocycles. The van der Waals surface area contributed by atoms with Gasteiger partial charge < -0.3 is 20.8 Å². The van der Waals surface area contributed by atoms with Gasteiger partial charge in [0.2, 0.25) is 0 Å². The zero-order valence-electron chi connectivity index (χ0n) is 10.8. The van der Waals surface area contributed by atoms with Crippen molar-refractivity contribution in [1.82, 2.24) is 4.57 Å². The van der Waals surface area contributed by atoms with Gasteiger partial charge in [0.05, 0.1) is 6.61 Å². The summed E-state index contributed by atoms with van der Waals surface area (Å²) in [7, 11) is 3.68. The maximum absolute atomic E-state index is 6.06. The van der Waals surface area contributed by atoms with Crippen molar-refractivity contribution in [2.45, 2.75) is 6.42 Å². The molecule has 0 saturated heterocycles. The van der Waals surface area contributed by atoms with Gasteiger partial charge in [0.25, 0.3) is 0 Å². The van der Waals surface area contributed by atoms with Crippen LogP contribution in [-0.2, 0) is 18.2 Å². The van der Waals surface area contributed by atoms with Gasteiger partial charge >= 0.3 is 0 Å². The molecular weight excluding hydrogens is 226 g/mol. The van der Waals surface area contributed by atoms with Crippen LogP contribution >= 0.6 is 0 Å². The second-order valence-corrected chi connectivity index (χ2v) is 4.44. The number of nitrogen functional groups attached to an aromatic ring is 2. The van der Waals surface area contributed by atoms with Crippen LogP contribution in [0, 0.1) is 0 Å². The number of anilines is 2. The Bertz CT molecular complexity index is 546. The predicted octanol–water partition coefficient (Wildman–Crippen LogP) is 2.05. The van der Waals surface area contributed by atoms with E-state index >= 15 is 0 Å². The summed E-state index contributed by atoms with van der Waals surface area (Å²) in [6.45, 7) is 0.647. The van der Waals surface area contributed by atoms with Crippen LogP contribution in [0.1, 0.15) is 5.56 Å². The summed E-state index contributed by atoms with van der Waals surface area (Å²) in [5.41, 5.74) is 16.7. The summed E-state index contributed by atoms with van der Waals surface area (Å²) in [4.78, 5) is 0. The number of ether oxygens (including phenoxy) is 1. The maximum Gasteiger partial charge on any atom is 0.0503 e. The molecule has 1 aromatic heterocycles. The quantitative estimate of drug-likeness (QED) is 0.810. The van der Waals surface area contributed by atoms with Crippen molar-refractivity contribution in [1.29, 1.82) is 0 Å². The summed E-state index contributed by atoms with van der Waals surface area (Å²) in [5, 5.41) is 0. The van der Waals surface area contributed by atoms with Crippen LogP contribution in [0.4, 0.5) is 11.4 Å². The number of nitrogens with zero attached hydrogens (tertiary/aromatic N) is 1. The van der Waals surface area contributed by atoms with E-state index in [9.17, 15) is 0 Å². The molecule has 96 valence electrons. The van der Waals surface area contributed by atoms with Gasteiger partial charge in [0.15, 0.2) is 0 Å². The standard InChI is InChI=1S/C14H19N3O/c1-17-5-3-10(9-17)13-7-11(15)8-14(16)12(13)4-6-18-2/h3,5,7-9H,4,6,15-16H2,1-2H3. The van der Waals surface area contributed by atoms with Crippen LogP contribution in [0.5, 0.6) is 0 Å². The third-order valence-electron chi connectivity index (χ3n) is 3.01. The molecule has 1 aromatic carbocycles. The van der Waals surface area contributed by atoms with Crippen LogP contribution in [0.15, 0.2) is 30.6 Å². The van der Waals surface area contributed by atoms with Crippen molar-refractivity contribution in [3.63, 3.8) is 0 Å². The number of methoxy groups -OCH3 is 1. The monoisotopic (exact) mass is 245 g/mol. The van der Waals surface area contributed by atoms with Crippen LogP contribution < -0.4 is 11.5 Å². The third kappa shape index (κ3) is 2.49. The second kappa shape index (κ2) is 5.14. The van der Waals surface area contributed by atoms with Crippen LogP contribution in [0.3, 0.4) is 0 Å². The topological polar surface area (TPSA) is 66.2 Å². The Kier molecular flexibility index (Phi) is 3.58. The minimum atomic E-state index is 0.647. The molecule has 4 nitrogen and oxygen atoms in total. The molecule has 0 saturated carbocycles. The van der Waals surface area contributed by atoms with Gasteiger partial charge in [-0.25, -0.2) is 0 Å². The largest absolute Gasteiger partial charge is 0.399 e. The van der Waals surface area contributed by atoms with E-state index in [0.29, 0.717) is 12.3 Å². The number of nitrogens with two attached hydrogens (primary N) is 2. The molecule has 2 aromatic rings. The molecule has 4 heteroatoms. The van der Waals surface area contributed by atoms with Crippen LogP contribution in [-0.4, -0.2) is 18.3 Å². The highest BCUT2D eigenvalue weighted by Gasteiger charge is 2.10. The van der Waals surface area contributed by atoms with E-state index in [1.807, 2.05) is 23.9 Å². The maximum atomic E-state index is 6.06. The van der Waals surface area contributed by atoms with Crippen molar-refractivity contribution < 1.29 is 4.74 Å². The Morgan fingerprint density at radius 1 is 1.28 bits per heavy atom. The first-order valence-corrected chi connectivity index (χ1v) is 5.91. The predicted molar refractivity (Wildman–Crippen MR) is 75.3 cm³/mol. The fourth-order valence-electron chi connectivity index (χ4n) is 2.12. The summed E-state index contributed by atoms with van der Waals surface area (Å²) in [5.74, 6) is 0. The zero-order chi connectivity index (χ0) is 13.1. The number of aryl methyl sites for hydroxylation is 1. The van der Waals surface area contributed by atoms with E-state index in [1.165, 1.54) is 0 Å². The van der Waals surface area contributed by atoms with E-state index in [1.54, 1.807) is 13.2 Å². The summed E-state index contributed by atoms with van der Waals surface area (Å²) in [6, 6.07) is 5.83. The van der Waals surface area contributed by atoms with Crippen molar-refractivity contribution in [3.05, 3.63) is 36.2 Å². The Labute approximate surface area is 107 Å². The highest BCUT2D eigenvalue weighted by atomic mass is 16.5. The highest BCUT2D eigenvalue weighted by molar-refractivity contribution is 5.77. The molecule has 0 radical (unpaired) electrons. The number of hydrogen-bond donors (Lipinski definition) is 2. The van der Waals surface area contributed by atoms with Gasteiger partial charge in [-0.15, -0.1) is 0 Å². The molecule has 2 rings (SSSR count). The van der Waals surface area contributed by atoms with Gasteiger partial charge in [-0.3, -0.25) is 0 Å². The first-order chi connectivity index (χ1) is 8.61. The SMILES string of the molecule is COCCc1c(N)cc(N)cc1-c1ccn(C)c1. The fourth-order valence-corrected chi connectivity index (χ4v) is 2.12. The molecule has 0 fully saturated rings. The molecule has 1 heterocycles. The average molecular weight is 245 g/mol. The molecule has 0 amide bonds. The second-order valence-electron chi connectivity index (χ2n) is 4.44. The van der Waals surface area contributed by atoms with Crippen molar-refractivity contribution >= 4 is 11.4 Å². The molecule has 0 aliphatic carbocycles. The Hall–Kier alpha value is -1.94. The first-order valence-electron chi connectivity index (χ1n) is 5.91. The average Bonchev–Trinajstić information content (AvgIpc) is 2.74. The number of hydrogen-bond acceptors (Lipinski definition) is 3. The fraction of sp³-hybridized carbons (Fsp3) is 0.286. The van der Waals surface area contributed by atoms with Gasteiger partial charge in [-0.05, 0) is 41.3 Å². The normalized spacial score (nSPS) is 10.8. The molecule has 0 spiro atoms. The minimum Gasteiger partial charge on any atom is -0.399 e. The number of benzene rings is 1. The van der Waals surface area contributed by atoms with Crippen molar-refractivity contribution in [2.75, 3.05) is 25.2 Å². The number of rotatable bonds is 4. The molecule has 0 bridgehead atoms. The van der Waals surface area contributed by atoms with E-state index in [4.69, 9.17) is 16.2 Å². The third-order valence-corrected chi connectivity index (χ3v) is 3.01. The van der Waals surface area contributed by atoms with Crippen LogP contribution in [0.2, 0.25) is 0 Å². The summed E-state index contributed by atoms with van der Waals surface area (Å²) in [6.07, 6.45) is 4.85. The smallest absolute Gasteiger partial charge is 0.0503 e. The van der Waals surface area contributed by atoms with Crippen molar-refractivity contribution in [3.8, 4) is 11.1 Å². The van der Waals surface area contributed by atoms with Gasteiger partial charge in [-0.1, -0.05) is 0 Å². The molecule has 0 unspecified atom stereocenters. The highest BCUT2D eigenvalue weighted by Crippen LogP contribution is 2.31. The summed E-state index contributed by atoms with van der Waals surface area (Å²) < 4.78 is 7.14. The lowest BCUT2D eigenvalue weighted by molar-refractivity contribution is 0.202. The first kappa shape index (κ1) is 12.5.